The normalized spacial score (nSPS) is 19.1. The molecule has 3 aromatic rings. The van der Waals surface area contributed by atoms with Crippen molar-refractivity contribution in [2.45, 2.75) is 19.4 Å². The van der Waals surface area contributed by atoms with Crippen molar-refractivity contribution in [1.29, 1.82) is 0 Å². The van der Waals surface area contributed by atoms with Gasteiger partial charge in [0.2, 0.25) is 6.79 Å². The SMILES string of the molecule is O=C(c1cccc2ccccc12)[C@@H]1CCCN(Cc2cccc3c2OCO3)C1. The molecular formula is C24H23NO3. The molecule has 2 aliphatic rings. The zero-order chi connectivity index (χ0) is 18.9. The minimum absolute atomic E-state index is 0.0356. The number of carbonyl (C=O) groups is 1. The van der Waals surface area contributed by atoms with E-state index >= 15 is 0 Å². The second kappa shape index (κ2) is 7.28. The van der Waals surface area contributed by atoms with E-state index in [1.807, 2.05) is 42.5 Å². The van der Waals surface area contributed by atoms with Crippen LogP contribution in [0.4, 0.5) is 0 Å². The van der Waals surface area contributed by atoms with Gasteiger partial charge in [-0.15, -0.1) is 0 Å². The van der Waals surface area contributed by atoms with Gasteiger partial charge < -0.3 is 9.47 Å². The molecule has 1 atom stereocenters. The van der Waals surface area contributed by atoms with Crippen LogP contribution in [0.25, 0.3) is 10.8 Å². The van der Waals surface area contributed by atoms with E-state index in [1.54, 1.807) is 0 Å². The fourth-order valence-electron chi connectivity index (χ4n) is 4.43. The highest BCUT2D eigenvalue weighted by molar-refractivity contribution is 6.09. The number of piperidine rings is 1. The van der Waals surface area contributed by atoms with Crippen molar-refractivity contribution in [3.63, 3.8) is 0 Å². The number of ether oxygens (including phenoxy) is 2. The van der Waals surface area contributed by atoms with Crippen molar-refractivity contribution < 1.29 is 14.3 Å². The van der Waals surface area contributed by atoms with Crippen LogP contribution in [0.2, 0.25) is 0 Å². The van der Waals surface area contributed by atoms with Gasteiger partial charge in [0.1, 0.15) is 0 Å². The lowest BCUT2D eigenvalue weighted by Crippen LogP contribution is -2.38. The zero-order valence-electron chi connectivity index (χ0n) is 15.8. The molecule has 0 aliphatic carbocycles. The van der Waals surface area contributed by atoms with Gasteiger partial charge in [-0.2, -0.15) is 0 Å². The Hall–Kier alpha value is -2.85. The third kappa shape index (κ3) is 3.14. The number of benzene rings is 3. The maximum atomic E-state index is 13.3. The smallest absolute Gasteiger partial charge is 0.231 e. The summed E-state index contributed by atoms with van der Waals surface area (Å²) in [6.45, 7) is 2.86. The van der Waals surface area contributed by atoms with Crippen LogP contribution < -0.4 is 9.47 Å². The summed E-state index contributed by atoms with van der Waals surface area (Å²) < 4.78 is 11.1. The number of carbonyl (C=O) groups excluding carboxylic acids is 1. The second-order valence-electron chi connectivity index (χ2n) is 7.62. The predicted molar refractivity (Wildman–Crippen MR) is 109 cm³/mol. The maximum absolute atomic E-state index is 13.3. The second-order valence-corrected chi connectivity index (χ2v) is 7.62. The lowest BCUT2D eigenvalue weighted by Gasteiger charge is -2.32. The first-order valence-corrected chi connectivity index (χ1v) is 9.91. The molecule has 142 valence electrons. The Kier molecular flexibility index (Phi) is 4.49. The van der Waals surface area contributed by atoms with Gasteiger partial charge in [-0.05, 0) is 36.2 Å². The molecule has 4 heteroatoms. The van der Waals surface area contributed by atoms with Crippen molar-refractivity contribution >= 4 is 16.6 Å². The van der Waals surface area contributed by atoms with Gasteiger partial charge in [0.05, 0.1) is 0 Å². The van der Waals surface area contributed by atoms with E-state index in [2.05, 4.69) is 23.1 Å². The number of hydrogen-bond donors (Lipinski definition) is 0. The van der Waals surface area contributed by atoms with Gasteiger partial charge in [0.25, 0.3) is 0 Å². The van der Waals surface area contributed by atoms with E-state index in [0.29, 0.717) is 0 Å². The quantitative estimate of drug-likeness (QED) is 0.624. The Morgan fingerprint density at radius 3 is 2.82 bits per heavy atom. The van der Waals surface area contributed by atoms with Crippen LogP contribution in [-0.4, -0.2) is 30.6 Å². The molecule has 0 amide bonds. The minimum atomic E-state index is 0.0356. The highest BCUT2D eigenvalue weighted by atomic mass is 16.7. The molecule has 0 unspecified atom stereocenters. The molecule has 0 radical (unpaired) electrons. The monoisotopic (exact) mass is 373 g/mol. The first-order valence-electron chi connectivity index (χ1n) is 9.91. The number of ketones is 1. The number of hydrogen-bond acceptors (Lipinski definition) is 4. The molecule has 0 spiro atoms. The molecule has 1 saturated heterocycles. The molecule has 0 saturated carbocycles. The Balaban J connectivity index is 1.36. The summed E-state index contributed by atoms with van der Waals surface area (Å²) >= 11 is 0. The zero-order valence-corrected chi connectivity index (χ0v) is 15.8. The largest absolute Gasteiger partial charge is 0.454 e. The number of Topliss-reactive ketones (excluding diaryl/α,β-unsaturated/α-hetero) is 1. The van der Waals surface area contributed by atoms with E-state index in [-0.39, 0.29) is 18.5 Å². The number of para-hydroxylation sites is 1. The van der Waals surface area contributed by atoms with Crippen LogP contribution in [0.15, 0.2) is 60.7 Å². The summed E-state index contributed by atoms with van der Waals surface area (Å²) in [5, 5.41) is 2.18. The molecule has 0 N–H and O–H groups in total. The number of likely N-dealkylation sites (tertiary alicyclic amines) is 1. The minimum Gasteiger partial charge on any atom is -0.454 e. The first kappa shape index (κ1) is 17.3. The maximum Gasteiger partial charge on any atom is 0.231 e. The van der Waals surface area contributed by atoms with E-state index in [0.717, 1.165) is 65.9 Å². The Bertz CT molecular complexity index is 1020. The first-order chi connectivity index (χ1) is 13.8. The van der Waals surface area contributed by atoms with Crippen LogP contribution in [0, 0.1) is 5.92 Å². The highest BCUT2D eigenvalue weighted by Crippen LogP contribution is 2.36. The van der Waals surface area contributed by atoms with Gasteiger partial charge in [0.15, 0.2) is 17.3 Å². The fourth-order valence-corrected chi connectivity index (χ4v) is 4.43. The molecular weight excluding hydrogens is 350 g/mol. The summed E-state index contributed by atoms with van der Waals surface area (Å²) in [4.78, 5) is 15.7. The third-order valence-corrected chi connectivity index (χ3v) is 5.80. The highest BCUT2D eigenvalue weighted by Gasteiger charge is 2.28. The van der Waals surface area contributed by atoms with Crippen molar-refractivity contribution in [3.05, 3.63) is 71.8 Å². The van der Waals surface area contributed by atoms with E-state index in [9.17, 15) is 4.79 Å². The standard InChI is InChI=1S/C24H23NO3/c26-23(21-11-3-7-17-6-1-2-10-20(17)21)18-9-5-13-25(14-18)15-19-8-4-12-22-24(19)28-16-27-22/h1-4,6-8,10-12,18H,5,9,13-16H2/t18-/m1/s1. The topological polar surface area (TPSA) is 38.8 Å². The van der Waals surface area contributed by atoms with Crippen LogP contribution in [-0.2, 0) is 6.54 Å². The summed E-state index contributed by atoms with van der Waals surface area (Å²) in [6, 6.07) is 20.2. The average molecular weight is 373 g/mol. The van der Waals surface area contributed by atoms with Gasteiger partial charge in [-0.25, -0.2) is 0 Å². The molecule has 1 fully saturated rings. The Morgan fingerprint density at radius 2 is 1.86 bits per heavy atom. The molecule has 5 rings (SSSR count). The summed E-state index contributed by atoms with van der Waals surface area (Å²) in [5.41, 5.74) is 1.98. The van der Waals surface area contributed by atoms with E-state index < -0.39 is 0 Å². The molecule has 0 aromatic heterocycles. The van der Waals surface area contributed by atoms with Crippen LogP contribution >= 0.6 is 0 Å². The molecule has 28 heavy (non-hydrogen) atoms. The Morgan fingerprint density at radius 1 is 1.00 bits per heavy atom. The van der Waals surface area contributed by atoms with Crippen LogP contribution in [0.5, 0.6) is 11.5 Å². The van der Waals surface area contributed by atoms with Gasteiger partial charge in [0, 0.05) is 30.1 Å². The number of fused-ring (bicyclic) bond motifs is 2. The average Bonchev–Trinajstić information content (AvgIpc) is 3.23. The summed E-state index contributed by atoms with van der Waals surface area (Å²) in [6.07, 6.45) is 1.98. The van der Waals surface area contributed by atoms with Gasteiger partial charge in [-0.3, -0.25) is 9.69 Å². The van der Waals surface area contributed by atoms with E-state index in [1.165, 1.54) is 0 Å². The van der Waals surface area contributed by atoms with Crippen molar-refractivity contribution in [1.82, 2.24) is 4.90 Å². The third-order valence-electron chi connectivity index (χ3n) is 5.80. The van der Waals surface area contributed by atoms with Gasteiger partial charge >= 0.3 is 0 Å². The molecule has 2 heterocycles. The molecule has 2 aliphatic heterocycles. The van der Waals surface area contributed by atoms with Crippen LogP contribution in [0.3, 0.4) is 0 Å². The van der Waals surface area contributed by atoms with Crippen molar-refractivity contribution in [3.8, 4) is 11.5 Å². The molecule has 4 nitrogen and oxygen atoms in total. The summed E-state index contributed by atoms with van der Waals surface area (Å²) in [7, 11) is 0. The van der Waals surface area contributed by atoms with Gasteiger partial charge in [-0.1, -0.05) is 54.6 Å². The summed E-state index contributed by atoms with van der Waals surface area (Å²) in [5.74, 6) is 1.97. The Labute approximate surface area is 164 Å². The van der Waals surface area contributed by atoms with Crippen molar-refractivity contribution in [2.75, 3.05) is 19.9 Å². The lowest BCUT2D eigenvalue weighted by molar-refractivity contribution is 0.0812. The lowest BCUT2D eigenvalue weighted by atomic mass is 9.88. The fraction of sp³-hybridized carbons (Fsp3) is 0.292. The number of nitrogens with zero attached hydrogens (tertiary/aromatic N) is 1. The molecule has 3 aromatic carbocycles. The van der Waals surface area contributed by atoms with Crippen molar-refractivity contribution in [2.24, 2.45) is 5.92 Å². The predicted octanol–water partition coefficient (Wildman–Crippen LogP) is 4.66. The molecule has 0 bridgehead atoms. The van der Waals surface area contributed by atoms with E-state index in [4.69, 9.17) is 9.47 Å². The van der Waals surface area contributed by atoms with Crippen LogP contribution in [0.1, 0.15) is 28.8 Å². The number of rotatable bonds is 4.